The summed E-state index contributed by atoms with van der Waals surface area (Å²) in [4.78, 5) is 43.7. The van der Waals surface area contributed by atoms with Gasteiger partial charge in [0.15, 0.2) is 0 Å². The Balaban J connectivity index is 0.000000188. The van der Waals surface area contributed by atoms with E-state index in [9.17, 15) is 14.4 Å². The molecule has 7 nitrogen and oxygen atoms in total. The van der Waals surface area contributed by atoms with Crippen LogP contribution in [0.5, 0.6) is 0 Å². The van der Waals surface area contributed by atoms with Gasteiger partial charge in [-0.15, -0.1) is 0 Å². The van der Waals surface area contributed by atoms with Crippen molar-refractivity contribution in [3.63, 3.8) is 0 Å². The van der Waals surface area contributed by atoms with Crippen molar-refractivity contribution in [2.45, 2.75) is 91.5 Å². The smallest absolute Gasteiger partial charge is 0.319 e. The number of ether oxygens (including phenoxy) is 2. The Bertz CT molecular complexity index is 1470. The van der Waals surface area contributed by atoms with Gasteiger partial charge in [0.25, 0.3) is 0 Å². The van der Waals surface area contributed by atoms with Gasteiger partial charge in [-0.1, -0.05) is 97.2 Å². The summed E-state index contributed by atoms with van der Waals surface area (Å²) in [5, 5.41) is 0. The van der Waals surface area contributed by atoms with Crippen LogP contribution in [0.2, 0.25) is 0 Å². The van der Waals surface area contributed by atoms with Crippen molar-refractivity contribution in [3.05, 3.63) is 96.1 Å². The van der Waals surface area contributed by atoms with Crippen LogP contribution < -0.4 is 0 Å². The molecule has 2 saturated heterocycles. The Labute approximate surface area is 291 Å². The summed E-state index contributed by atoms with van der Waals surface area (Å²) in [5.41, 5.74) is -0.237. The maximum atomic E-state index is 13.0. The Hall–Kier alpha value is -3.78. The largest absolute Gasteiger partial charge is 0.459 e. The molecular formula is C40H50N2O5S. The number of likely N-dealkylation sites (tertiary alicyclic amines) is 2. The molecule has 0 spiro atoms. The van der Waals surface area contributed by atoms with E-state index < -0.39 is 22.0 Å². The molecule has 0 unspecified atom stereocenters. The van der Waals surface area contributed by atoms with Gasteiger partial charge >= 0.3 is 11.9 Å². The van der Waals surface area contributed by atoms with E-state index in [2.05, 4.69) is 30.0 Å². The minimum absolute atomic E-state index is 0.0357. The van der Waals surface area contributed by atoms with Crippen molar-refractivity contribution in [3.8, 4) is 0 Å². The van der Waals surface area contributed by atoms with E-state index >= 15 is 0 Å². The lowest BCUT2D eigenvalue weighted by atomic mass is 9.80. The van der Waals surface area contributed by atoms with Gasteiger partial charge in [-0.05, 0) is 79.4 Å². The number of benzene rings is 2. The van der Waals surface area contributed by atoms with Crippen LogP contribution in [-0.2, 0) is 23.9 Å². The highest BCUT2D eigenvalue weighted by atomic mass is 32.1. The van der Waals surface area contributed by atoms with Crippen molar-refractivity contribution in [1.29, 1.82) is 0 Å². The molecule has 2 aromatic rings. The van der Waals surface area contributed by atoms with Gasteiger partial charge in [-0.3, -0.25) is 14.4 Å². The van der Waals surface area contributed by atoms with Gasteiger partial charge in [0.05, 0.1) is 23.0 Å². The lowest BCUT2D eigenvalue weighted by molar-refractivity contribution is -0.166. The lowest BCUT2D eigenvalue weighted by Gasteiger charge is -2.31. The highest BCUT2D eigenvalue weighted by molar-refractivity contribution is 7.80. The molecule has 2 aliphatic carbocycles. The predicted molar refractivity (Wildman–Crippen MR) is 192 cm³/mol. The normalized spacial score (nSPS) is 27.2. The zero-order chi connectivity index (χ0) is 35.1. The van der Waals surface area contributed by atoms with Crippen LogP contribution >= 0.6 is 12.2 Å². The van der Waals surface area contributed by atoms with Crippen molar-refractivity contribution in [2.75, 3.05) is 13.1 Å². The molecule has 0 radical (unpaired) electrons. The summed E-state index contributed by atoms with van der Waals surface area (Å²) in [6.07, 6.45) is 9.35. The summed E-state index contributed by atoms with van der Waals surface area (Å²) in [6.45, 7) is 16.4. The van der Waals surface area contributed by atoms with Crippen LogP contribution in [-0.4, -0.2) is 56.9 Å². The van der Waals surface area contributed by atoms with Crippen LogP contribution in [0.25, 0.3) is 0 Å². The predicted octanol–water partition coefficient (Wildman–Crippen LogP) is 7.79. The number of thiocarbonyl (C=S) groups is 1. The van der Waals surface area contributed by atoms with Crippen LogP contribution in [0.15, 0.2) is 85.0 Å². The van der Waals surface area contributed by atoms with Gasteiger partial charge in [0.2, 0.25) is 5.91 Å². The summed E-state index contributed by atoms with van der Waals surface area (Å²) < 4.78 is 11.4. The summed E-state index contributed by atoms with van der Waals surface area (Å²) in [6, 6.07) is 20.3. The Morgan fingerprint density at radius 3 is 1.56 bits per heavy atom. The molecule has 2 aliphatic heterocycles. The first-order valence-electron chi connectivity index (χ1n) is 17.0. The molecule has 2 heterocycles. The molecule has 0 N–H and O–H groups in total. The van der Waals surface area contributed by atoms with E-state index in [1.165, 1.54) is 5.56 Å². The number of hydrogen-bond acceptors (Lipinski definition) is 6. The highest BCUT2D eigenvalue weighted by Gasteiger charge is 2.60. The molecule has 8 heteroatoms. The molecule has 1 amide bonds. The minimum atomic E-state index is -0.840. The molecule has 4 aliphatic rings. The van der Waals surface area contributed by atoms with E-state index in [1.54, 1.807) is 0 Å². The maximum Gasteiger partial charge on any atom is 0.319 e. The summed E-state index contributed by atoms with van der Waals surface area (Å²) in [7, 11) is 0. The minimum Gasteiger partial charge on any atom is -0.459 e. The fraction of sp³-hybridized carbons (Fsp3) is 0.500. The first kappa shape index (κ1) is 35.5. The number of carbonyl (C=O) groups is 3. The van der Waals surface area contributed by atoms with Crippen molar-refractivity contribution in [2.24, 2.45) is 22.7 Å². The molecule has 2 aromatic carbocycles. The van der Waals surface area contributed by atoms with Gasteiger partial charge in [0, 0.05) is 19.0 Å². The second-order valence-corrected chi connectivity index (χ2v) is 16.0. The number of carbonyl (C=O) groups excluding carboxylic acids is 3. The first-order valence-corrected chi connectivity index (χ1v) is 17.4. The highest BCUT2D eigenvalue weighted by Crippen LogP contribution is 2.50. The van der Waals surface area contributed by atoms with Crippen molar-refractivity contribution < 1.29 is 23.9 Å². The van der Waals surface area contributed by atoms with Crippen LogP contribution in [0, 0.1) is 22.7 Å². The van der Waals surface area contributed by atoms with E-state index in [-0.39, 0.29) is 41.8 Å². The van der Waals surface area contributed by atoms with Crippen molar-refractivity contribution >= 4 is 35.1 Å². The Kier molecular flexibility index (Phi) is 9.81. The van der Waals surface area contributed by atoms with Crippen LogP contribution in [0.1, 0.15) is 91.4 Å². The average molecular weight is 671 g/mol. The number of esters is 2. The lowest BCUT2D eigenvalue weighted by Crippen LogP contribution is -2.40. The maximum absolute atomic E-state index is 13.0. The third kappa shape index (κ3) is 6.87. The van der Waals surface area contributed by atoms with E-state index in [0.29, 0.717) is 19.5 Å². The number of nitrogens with zero attached hydrogens (tertiary/aromatic N) is 2. The van der Waals surface area contributed by atoms with Crippen molar-refractivity contribution in [1.82, 2.24) is 9.80 Å². The molecular weight excluding hydrogens is 621 g/mol. The molecule has 0 saturated carbocycles. The summed E-state index contributed by atoms with van der Waals surface area (Å²) >= 11 is 5.76. The monoisotopic (exact) mass is 670 g/mol. The zero-order valence-corrected chi connectivity index (χ0v) is 30.4. The number of allylic oxidation sites excluding steroid dienone is 2. The standard InChI is InChI=1S/C20H25NO3.C20H25NO2S/c1-14(15-9-6-5-7-10-15)21-13-20(18(23)24-19(2,3)4)12-8-11-16(20)17(21)22;1-14(15-9-6-5-7-10-15)21-13-20(18(22)23-19(2,3)4)12-8-11-16(20)17(21)24/h2*5-10,12,14,16H,11,13H2,1-4H3/t2*14-,16-,20-/m11/s1. The molecule has 256 valence electrons. The molecule has 0 aromatic heterocycles. The van der Waals surface area contributed by atoms with Gasteiger partial charge in [0.1, 0.15) is 22.0 Å². The number of fused-ring (bicyclic) bond motifs is 2. The van der Waals surface area contributed by atoms with Crippen LogP contribution in [0.4, 0.5) is 0 Å². The molecule has 2 fully saturated rings. The van der Waals surface area contributed by atoms with E-state index in [0.717, 1.165) is 17.0 Å². The zero-order valence-electron chi connectivity index (χ0n) is 29.6. The molecule has 48 heavy (non-hydrogen) atoms. The molecule has 6 atom stereocenters. The fourth-order valence-corrected chi connectivity index (χ4v) is 7.87. The molecule has 6 rings (SSSR count). The van der Waals surface area contributed by atoms with Gasteiger partial charge in [-0.2, -0.15) is 0 Å². The van der Waals surface area contributed by atoms with E-state index in [1.807, 2.05) is 120 Å². The van der Waals surface area contributed by atoms with E-state index in [4.69, 9.17) is 21.7 Å². The number of amides is 1. The fourth-order valence-electron chi connectivity index (χ4n) is 7.34. The van der Waals surface area contributed by atoms with Crippen LogP contribution in [0.3, 0.4) is 0 Å². The third-order valence-corrected chi connectivity index (χ3v) is 10.4. The number of hydrogen-bond donors (Lipinski definition) is 0. The third-order valence-electron chi connectivity index (χ3n) is 9.90. The number of rotatable bonds is 6. The summed E-state index contributed by atoms with van der Waals surface area (Å²) in [5.74, 6) is -0.696. The Morgan fingerprint density at radius 2 is 1.10 bits per heavy atom. The second kappa shape index (κ2) is 13.3. The molecule has 0 bridgehead atoms. The van der Waals surface area contributed by atoms with Gasteiger partial charge < -0.3 is 19.3 Å². The Morgan fingerprint density at radius 1 is 0.708 bits per heavy atom. The van der Waals surface area contributed by atoms with Gasteiger partial charge in [-0.25, -0.2) is 0 Å². The second-order valence-electron chi connectivity index (χ2n) is 15.6. The topological polar surface area (TPSA) is 76.2 Å². The average Bonchev–Trinajstić information content (AvgIpc) is 3.78. The quantitative estimate of drug-likeness (QED) is 0.177. The first-order chi connectivity index (χ1) is 22.5. The SMILES string of the molecule is C[C@H](c1ccccc1)N1C[C@]2(C(=O)OC(C)(C)C)C=CC[C@@H]2C1=O.C[C@H](c1ccccc1)N1C[C@]2(C(=O)OC(C)(C)C)C=CC[C@@H]2C1=S.